The highest BCUT2D eigenvalue weighted by atomic mass is 32.1. The molecule has 0 bridgehead atoms. The number of fused-ring (bicyclic) bond motifs is 1. The van der Waals surface area contributed by atoms with E-state index in [0.717, 1.165) is 47.5 Å². The van der Waals surface area contributed by atoms with Crippen LogP contribution >= 0.6 is 22.7 Å². The number of hydrogen-bond acceptors (Lipinski definition) is 7. The highest BCUT2D eigenvalue weighted by Crippen LogP contribution is 2.38. The van der Waals surface area contributed by atoms with Gasteiger partial charge in [0, 0.05) is 11.8 Å². The topological polar surface area (TPSA) is 128 Å². The number of rotatable bonds is 6. The predicted octanol–water partition coefficient (Wildman–Crippen LogP) is 2.93. The Labute approximate surface area is 175 Å². The fourth-order valence-corrected chi connectivity index (χ4v) is 5.24. The summed E-state index contributed by atoms with van der Waals surface area (Å²) in [6.07, 6.45) is 2.46. The minimum absolute atomic E-state index is 0.196. The second kappa shape index (κ2) is 8.75. The van der Waals surface area contributed by atoms with Gasteiger partial charge < -0.3 is 21.1 Å². The molecule has 2 heterocycles. The summed E-state index contributed by atoms with van der Waals surface area (Å²) in [5.41, 5.74) is 6.68. The first-order valence-electron chi connectivity index (χ1n) is 9.09. The molecule has 0 aromatic carbocycles. The molecule has 3 amide bonds. The maximum Gasteiger partial charge on any atom is 0.342 e. The number of nitrogens with one attached hydrogen (secondary N) is 2. The number of amides is 3. The molecule has 0 aliphatic heterocycles. The van der Waals surface area contributed by atoms with Crippen molar-refractivity contribution >= 4 is 56.4 Å². The fraction of sp³-hybridized carbons (Fsp3) is 0.368. The van der Waals surface area contributed by atoms with E-state index in [9.17, 15) is 19.2 Å². The van der Waals surface area contributed by atoms with Crippen LogP contribution in [0.1, 0.15) is 57.8 Å². The number of esters is 1. The van der Waals surface area contributed by atoms with Gasteiger partial charge in [0.05, 0.1) is 11.1 Å². The first-order valence-corrected chi connectivity index (χ1v) is 10.8. The number of nitrogens with two attached hydrogens (primary N) is 1. The quantitative estimate of drug-likeness (QED) is 0.601. The van der Waals surface area contributed by atoms with Gasteiger partial charge in [0.2, 0.25) is 5.91 Å². The molecule has 0 radical (unpaired) electrons. The molecule has 0 fully saturated rings. The third-order valence-corrected chi connectivity index (χ3v) is 6.52. The number of primary amides is 1. The molecule has 0 spiro atoms. The summed E-state index contributed by atoms with van der Waals surface area (Å²) in [4.78, 5) is 49.3. The van der Waals surface area contributed by atoms with Gasteiger partial charge in [-0.3, -0.25) is 14.4 Å². The zero-order valence-corrected chi connectivity index (χ0v) is 17.6. The lowest BCUT2D eigenvalue weighted by atomic mass is 9.95. The van der Waals surface area contributed by atoms with E-state index >= 15 is 0 Å². The zero-order valence-electron chi connectivity index (χ0n) is 16.0. The molecule has 154 valence electrons. The van der Waals surface area contributed by atoms with Crippen LogP contribution in [-0.4, -0.2) is 29.8 Å². The Kier molecular flexibility index (Phi) is 6.33. The first-order chi connectivity index (χ1) is 13.8. The van der Waals surface area contributed by atoms with Crippen molar-refractivity contribution in [3.63, 3.8) is 0 Å². The lowest BCUT2D eigenvalue weighted by molar-refractivity contribution is -0.123. The molecule has 1 aliphatic rings. The fourth-order valence-electron chi connectivity index (χ4n) is 3.12. The maximum absolute atomic E-state index is 12.9. The van der Waals surface area contributed by atoms with Crippen LogP contribution in [0.15, 0.2) is 11.4 Å². The van der Waals surface area contributed by atoms with Crippen LogP contribution in [0.2, 0.25) is 0 Å². The summed E-state index contributed by atoms with van der Waals surface area (Å²) >= 11 is 2.53. The van der Waals surface area contributed by atoms with Crippen molar-refractivity contribution in [2.24, 2.45) is 5.73 Å². The van der Waals surface area contributed by atoms with Crippen molar-refractivity contribution in [2.45, 2.75) is 45.6 Å². The molecule has 3 rings (SSSR count). The molecule has 0 saturated carbocycles. The molecule has 0 saturated heterocycles. The second-order valence-corrected chi connectivity index (χ2v) is 8.68. The van der Waals surface area contributed by atoms with Gasteiger partial charge in [-0.2, -0.15) is 0 Å². The molecule has 1 unspecified atom stereocenters. The molecule has 10 heteroatoms. The second-order valence-electron chi connectivity index (χ2n) is 6.66. The number of hydrogen-bond donors (Lipinski definition) is 3. The Bertz CT molecular complexity index is 979. The summed E-state index contributed by atoms with van der Waals surface area (Å²) < 4.78 is 5.39. The van der Waals surface area contributed by atoms with Gasteiger partial charge in [-0.1, -0.05) is 0 Å². The highest BCUT2D eigenvalue weighted by molar-refractivity contribution is 7.17. The van der Waals surface area contributed by atoms with Crippen molar-refractivity contribution in [3.8, 4) is 0 Å². The van der Waals surface area contributed by atoms with Gasteiger partial charge >= 0.3 is 5.97 Å². The van der Waals surface area contributed by atoms with E-state index in [0.29, 0.717) is 15.6 Å². The average molecular weight is 436 g/mol. The molecular weight excluding hydrogens is 414 g/mol. The van der Waals surface area contributed by atoms with E-state index in [1.807, 2.05) is 0 Å². The lowest BCUT2D eigenvalue weighted by Gasteiger charge is -2.16. The Hall–Kier alpha value is -2.72. The number of carbonyl (C=O) groups is 4. The van der Waals surface area contributed by atoms with E-state index < -0.39 is 23.9 Å². The normalized spacial score (nSPS) is 13.9. The predicted molar refractivity (Wildman–Crippen MR) is 112 cm³/mol. The van der Waals surface area contributed by atoms with E-state index in [2.05, 4.69) is 10.6 Å². The van der Waals surface area contributed by atoms with Gasteiger partial charge in [0.1, 0.15) is 10.0 Å². The standard InChI is InChI=1S/C19H21N3O5S2/c1-9(16(25)22-17-12(15(20)24)7-8-28-17)27-19(26)14-11-5-3-4-6-13(11)29-18(14)21-10(2)23/h7-9H,3-6H2,1-2H3,(H2,20,24)(H,21,23)(H,22,25). The number of anilines is 2. The van der Waals surface area contributed by atoms with Crippen molar-refractivity contribution in [1.82, 2.24) is 0 Å². The highest BCUT2D eigenvalue weighted by Gasteiger charge is 2.29. The monoisotopic (exact) mass is 435 g/mol. The Balaban J connectivity index is 1.76. The van der Waals surface area contributed by atoms with Crippen molar-refractivity contribution in [2.75, 3.05) is 10.6 Å². The number of carbonyl (C=O) groups excluding carboxylic acids is 4. The summed E-state index contributed by atoms with van der Waals surface area (Å²) in [5.74, 6) is -2.17. The van der Waals surface area contributed by atoms with Gasteiger partial charge in [0.25, 0.3) is 11.8 Å². The van der Waals surface area contributed by atoms with Crippen LogP contribution in [0, 0.1) is 0 Å². The van der Waals surface area contributed by atoms with E-state index in [4.69, 9.17) is 10.5 Å². The minimum atomic E-state index is -1.10. The van der Waals surface area contributed by atoms with Crippen LogP contribution in [0.5, 0.6) is 0 Å². The van der Waals surface area contributed by atoms with Crippen LogP contribution < -0.4 is 16.4 Å². The van der Waals surface area contributed by atoms with Gasteiger partial charge in [-0.15, -0.1) is 22.7 Å². The molecule has 4 N–H and O–H groups in total. The lowest BCUT2D eigenvalue weighted by Crippen LogP contribution is -2.31. The average Bonchev–Trinajstić information content (AvgIpc) is 3.24. The van der Waals surface area contributed by atoms with Crippen LogP contribution in [-0.2, 0) is 27.2 Å². The number of aryl methyl sites for hydroxylation is 1. The summed E-state index contributed by atoms with van der Waals surface area (Å²) in [6, 6.07) is 1.51. The molecule has 1 aliphatic carbocycles. The molecule has 8 nitrogen and oxygen atoms in total. The number of ether oxygens (including phenoxy) is 1. The summed E-state index contributed by atoms with van der Waals surface area (Å²) in [7, 11) is 0. The zero-order chi connectivity index (χ0) is 21.1. The maximum atomic E-state index is 12.9. The van der Waals surface area contributed by atoms with E-state index in [1.165, 1.54) is 31.3 Å². The minimum Gasteiger partial charge on any atom is -0.449 e. The van der Waals surface area contributed by atoms with Gasteiger partial charge in [0.15, 0.2) is 6.10 Å². The summed E-state index contributed by atoms with van der Waals surface area (Å²) in [5, 5.41) is 7.65. The molecule has 29 heavy (non-hydrogen) atoms. The SMILES string of the molecule is CC(=O)Nc1sc2c(c1C(=O)OC(C)C(=O)Nc1sccc1C(N)=O)CCCC2. The van der Waals surface area contributed by atoms with Gasteiger partial charge in [-0.05, 0) is 49.6 Å². The van der Waals surface area contributed by atoms with Crippen LogP contribution in [0.3, 0.4) is 0 Å². The molecule has 2 aromatic rings. The first kappa shape index (κ1) is 21.0. The number of thiophene rings is 2. The van der Waals surface area contributed by atoms with Gasteiger partial charge in [-0.25, -0.2) is 4.79 Å². The van der Waals surface area contributed by atoms with Crippen molar-refractivity contribution in [3.05, 3.63) is 33.0 Å². The Morgan fingerprint density at radius 3 is 2.55 bits per heavy atom. The smallest absolute Gasteiger partial charge is 0.342 e. The van der Waals surface area contributed by atoms with Crippen LogP contribution in [0.25, 0.3) is 0 Å². The van der Waals surface area contributed by atoms with Crippen LogP contribution in [0.4, 0.5) is 10.0 Å². The van der Waals surface area contributed by atoms with E-state index in [-0.39, 0.29) is 11.5 Å². The third kappa shape index (κ3) is 4.65. The van der Waals surface area contributed by atoms with E-state index in [1.54, 1.807) is 5.38 Å². The van der Waals surface area contributed by atoms with Crippen molar-refractivity contribution in [1.29, 1.82) is 0 Å². The Morgan fingerprint density at radius 1 is 1.14 bits per heavy atom. The molecule has 2 aromatic heterocycles. The molecular formula is C19H21N3O5S2. The molecule has 1 atom stereocenters. The summed E-state index contributed by atoms with van der Waals surface area (Å²) in [6.45, 7) is 2.82. The van der Waals surface area contributed by atoms with Crippen molar-refractivity contribution < 1.29 is 23.9 Å². The largest absolute Gasteiger partial charge is 0.449 e. The Morgan fingerprint density at radius 2 is 1.86 bits per heavy atom. The third-order valence-electron chi connectivity index (χ3n) is 4.49.